The van der Waals surface area contributed by atoms with Gasteiger partial charge in [-0.3, -0.25) is 4.79 Å². The van der Waals surface area contributed by atoms with E-state index in [1.807, 2.05) is 0 Å². The van der Waals surface area contributed by atoms with E-state index >= 15 is 0 Å². The summed E-state index contributed by atoms with van der Waals surface area (Å²) < 4.78 is 5.64. The lowest BCUT2D eigenvalue weighted by Crippen LogP contribution is -2.39. The predicted octanol–water partition coefficient (Wildman–Crippen LogP) is 4.06. The van der Waals surface area contributed by atoms with E-state index in [1.165, 1.54) is 0 Å². The highest BCUT2D eigenvalue weighted by atomic mass is 35.5. The third-order valence-corrected chi connectivity index (χ3v) is 5.13. The van der Waals surface area contributed by atoms with Crippen LogP contribution in [0.3, 0.4) is 0 Å². The number of hydrogen-bond acceptors (Lipinski definition) is 5. The number of ether oxygens (including phenoxy) is 1. The lowest BCUT2D eigenvalue weighted by molar-refractivity contribution is -0.160. The highest BCUT2D eigenvalue weighted by Crippen LogP contribution is 2.31. The second-order valence-electron chi connectivity index (χ2n) is 5.55. The highest BCUT2D eigenvalue weighted by molar-refractivity contribution is 7.18. The number of thiophene rings is 1. The number of Topliss-reactive ketones (excluding diaryl/α,β-unsaturated/α-hetero) is 1. The summed E-state index contributed by atoms with van der Waals surface area (Å²) in [5, 5.41) is 11.2. The Hall–Kier alpha value is -2.47. The molecular formula is C20H15ClO4S. The van der Waals surface area contributed by atoms with Gasteiger partial charge in [0.1, 0.15) is 0 Å². The summed E-state index contributed by atoms with van der Waals surface area (Å²) in [6.45, 7) is -0.475. The molecule has 0 spiro atoms. The molecule has 3 aromatic rings. The Kier molecular flexibility index (Phi) is 5.52. The van der Waals surface area contributed by atoms with Crippen molar-refractivity contribution in [3.63, 3.8) is 0 Å². The minimum absolute atomic E-state index is 0.364. The number of rotatable bonds is 6. The molecule has 0 bridgehead atoms. The molecule has 0 unspecified atom stereocenters. The smallest absolute Gasteiger partial charge is 0.348 e. The number of halogens is 1. The van der Waals surface area contributed by atoms with E-state index < -0.39 is 18.2 Å². The van der Waals surface area contributed by atoms with Crippen molar-refractivity contribution in [2.24, 2.45) is 0 Å². The summed E-state index contributed by atoms with van der Waals surface area (Å²) in [6.07, 6.45) is 0. The van der Waals surface area contributed by atoms with Crippen LogP contribution in [0.5, 0.6) is 0 Å². The standard InChI is InChI=1S/C20H15ClO4S/c21-18-12-11-17(26-18)16(22)13-25-19(23)20(24,14-7-3-1-4-8-14)15-9-5-2-6-10-15/h1-12,24H,13H2. The molecule has 26 heavy (non-hydrogen) atoms. The van der Waals surface area contributed by atoms with Crippen molar-refractivity contribution in [2.75, 3.05) is 6.61 Å². The van der Waals surface area contributed by atoms with E-state index in [0.29, 0.717) is 20.3 Å². The number of aliphatic hydroxyl groups is 1. The summed E-state index contributed by atoms with van der Waals surface area (Å²) in [7, 11) is 0. The number of carbonyl (C=O) groups is 2. The fourth-order valence-corrected chi connectivity index (χ4v) is 3.50. The first-order valence-corrected chi connectivity index (χ1v) is 9.00. The number of ketones is 1. The SMILES string of the molecule is O=C(COC(=O)C(O)(c1ccccc1)c1ccccc1)c1ccc(Cl)s1. The molecule has 0 amide bonds. The fraction of sp³-hybridized carbons (Fsp3) is 0.100. The molecule has 0 aliphatic rings. The lowest BCUT2D eigenvalue weighted by atomic mass is 9.86. The van der Waals surface area contributed by atoms with Gasteiger partial charge in [-0.1, -0.05) is 72.3 Å². The Morgan fingerprint density at radius 1 is 0.923 bits per heavy atom. The molecule has 1 N–H and O–H groups in total. The molecule has 0 aliphatic carbocycles. The van der Waals surface area contributed by atoms with E-state index in [2.05, 4.69) is 0 Å². The molecular weight excluding hydrogens is 372 g/mol. The summed E-state index contributed by atoms with van der Waals surface area (Å²) in [5.41, 5.74) is -1.28. The van der Waals surface area contributed by atoms with E-state index in [1.54, 1.807) is 72.8 Å². The van der Waals surface area contributed by atoms with Gasteiger partial charge in [-0.05, 0) is 23.3 Å². The average molecular weight is 387 g/mol. The zero-order valence-electron chi connectivity index (χ0n) is 13.6. The Bertz CT molecular complexity index is 866. The number of hydrogen-bond donors (Lipinski definition) is 1. The zero-order valence-corrected chi connectivity index (χ0v) is 15.2. The first-order chi connectivity index (χ1) is 12.5. The molecule has 0 fully saturated rings. The van der Waals surface area contributed by atoms with Crippen molar-refractivity contribution in [3.8, 4) is 0 Å². The fourth-order valence-electron chi connectivity index (χ4n) is 2.53. The van der Waals surface area contributed by atoms with Crippen molar-refractivity contribution in [2.45, 2.75) is 5.60 Å². The monoisotopic (exact) mass is 386 g/mol. The molecule has 0 saturated carbocycles. The van der Waals surface area contributed by atoms with Crippen molar-refractivity contribution < 1.29 is 19.4 Å². The Labute approximate surface area is 159 Å². The molecule has 0 aliphatic heterocycles. The van der Waals surface area contributed by atoms with Gasteiger partial charge in [0.2, 0.25) is 11.4 Å². The topological polar surface area (TPSA) is 63.6 Å². The largest absolute Gasteiger partial charge is 0.455 e. The molecule has 0 radical (unpaired) electrons. The van der Waals surface area contributed by atoms with Gasteiger partial charge >= 0.3 is 5.97 Å². The van der Waals surface area contributed by atoms with Gasteiger partial charge in [0.15, 0.2) is 6.61 Å². The minimum atomic E-state index is -2.00. The second-order valence-corrected chi connectivity index (χ2v) is 7.26. The lowest BCUT2D eigenvalue weighted by Gasteiger charge is -2.26. The van der Waals surface area contributed by atoms with Crippen molar-refractivity contribution in [1.29, 1.82) is 0 Å². The van der Waals surface area contributed by atoms with Crippen LogP contribution in [0.2, 0.25) is 4.34 Å². The maximum absolute atomic E-state index is 12.8. The molecule has 132 valence electrons. The average Bonchev–Trinajstić information content (AvgIpc) is 3.13. The van der Waals surface area contributed by atoms with Gasteiger partial charge in [0.05, 0.1) is 9.21 Å². The van der Waals surface area contributed by atoms with Crippen molar-refractivity contribution in [3.05, 3.63) is 93.1 Å². The van der Waals surface area contributed by atoms with E-state index in [4.69, 9.17) is 16.3 Å². The Morgan fingerprint density at radius 2 is 1.46 bits per heavy atom. The molecule has 6 heteroatoms. The normalized spacial score (nSPS) is 11.2. The minimum Gasteiger partial charge on any atom is -0.455 e. The van der Waals surface area contributed by atoms with Gasteiger partial charge in [-0.2, -0.15) is 0 Å². The maximum atomic E-state index is 12.8. The number of carbonyl (C=O) groups excluding carboxylic acids is 2. The van der Waals surface area contributed by atoms with Gasteiger partial charge in [-0.25, -0.2) is 4.79 Å². The molecule has 0 atom stereocenters. The van der Waals surface area contributed by atoms with Gasteiger partial charge in [0, 0.05) is 0 Å². The van der Waals surface area contributed by atoms with E-state index in [-0.39, 0.29) is 5.78 Å². The van der Waals surface area contributed by atoms with Gasteiger partial charge < -0.3 is 9.84 Å². The van der Waals surface area contributed by atoms with Gasteiger partial charge in [-0.15, -0.1) is 11.3 Å². The third kappa shape index (κ3) is 3.70. The van der Waals surface area contributed by atoms with Crippen molar-refractivity contribution in [1.82, 2.24) is 0 Å². The molecule has 3 rings (SSSR count). The first-order valence-electron chi connectivity index (χ1n) is 7.81. The van der Waals surface area contributed by atoms with Crippen LogP contribution in [0.4, 0.5) is 0 Å². The van der Waals surface area contributed by atoms with E-state index in [9.17, 15) is 14.7 Å². The molecule has 0 saturated heterocycles. The molecule has 2 aromatic carbocycles. The van der Waals surface area contributed by atoms with Crippen molar-refractivity contribution >= 4 is 34.7 Å². The van der Waals surface area contributed by atoms with Crippen LogP contribution in [0.25, 0.3) is 0 Å². The molecule has 1 heterocycles. The van der Waals surface area contributed by atoms with Crippen LogP contribution in [0.1, 0.15) is 20.8 Å². The van der Waals surface area contributed by atoms with Crippen LogP contribution in [0, 0.1) is 0 Å². The quantitative estimate of drug-likeness (QED) is 0.512. The second kappa shape index (κ2) is 7.83. The number of esters is 1. The van der Waals surface area contributed by atoms with Crippen LogP contribution >= 0.6 is 22.9 Å². The molecule has 4 nitrogen and oxygen atoms in total. The third-order valence-electron chi connectivity index (χ3n) is 3.86. The highest BCUT2D eigenvalue weighted by Gasteiger charge is 2.41. The zero-order chi connectivity index (χ0) is 18.6. The summed E-state index contributed by atoms with van der Waals surface area (Å²) in [5.74, 6) is -1.29. The van der Waals surface area contributed by atoms with Crippen LogP contribution < -0.4 is 0 Å². The van der Waals surface area contributed by atoms with Crippen LogP contribution in [0.15, 0.2) is 72.8 Å². The van der Waals surface area contributed by atoms with Crippen LogP contribution in [-0.2, 0) is 15.1 Å². The molecule has 1 aromatic heterocycles. The number of benzene rings is 2. The summed E-state index contributed by atoms with van der Waals surface area (Å²) in [6, 6.07) is 20.1. The Balaban J connectivity index is 1.85. The van der Waals surface area contributed by atoms with Crippen LogP contribution in [-0.4, -0.2) is 23.5 Å². The first kappa shape index (κ1) is 18.3. The summed E-state index contributed by atoms with van der Waals surface area (Å²) in [4.78, 5) is 25.3. The Morgan fingerprint density at radius 3 is 1.92 bits per heavy atom. The summed E-state index contributed by atoms with van der Waals surface area (Å²) >= 11 is 6.93. The van der Waals surface area contributed by atoms with Gasteiger partial charge in [0.25, 0.3) is 0 Å². The maximum Gasteiger partial charge on any atom is 0.348 e. The predicted molar refractivity (Wildman–Crippen MR) is 101 cm³/mol. The van der Waals surface area contributed by atoms with E-state index in [0.717, 1.165) is 11.3 Å².